The average Bonchev–Trinajstić information content (AvgIpc) is 2.42. The second kappa shape index (κ2) is 7.22. The average molecular weight is 301 g/mol. The molecule has 112 valence electrons. The minimum absolute atomic E-state index is 0.0307. The molecule has 0 aromatic heterocycles. The molecule has 0 saturated heterocycles. The predicted molar refractivity (Wildman–Crippen MR) is 74.6 cm³/mol. The zero-order valence-corrected chi connectivity index (χ0v) is 12.2. The standard InChI is InChI=1S/C12H19N3O4S/c1-9(14-2)10-4-3-5-11(8-10)20(17,18)15-6-7-19-12(13)16/h3-5,8-9,14-15H,6-7H2,1-2H3,(H2,13,16). The summed E-state index contributed by atoms with van der Waals surface area (Å²) >= 11 is 0. The summed E-state index contributed by atoms with van der Waals surface area (Å²) < 4.78 is 30.9. The van der Waals surface area contributed by atoms with Crippen molar-refractivity contribution >= 4 is 16.1 Å². The molecule has 0 saturated carbocycles. The highest BCUT2D eigenvalue weighted by atomic mass is 32.2. The maximum atomic E-state index is 12.0. The molecule has 0 heterocycles. The van der Waals surface area contributed by atoms with Crippen LogP contribution in [0.4, 0.5) is 4.79 Å². The van der Waals surface area contributed by atoms with Crippen molar-refractivity contribution in [1.82, 2.24) is 10.0 Å². The van der Waals surface area contributed by atoms with Crippen LogP contribution in [0.5, 0.6) is 0 Å². The molecule has 1 aromatic carbocycles. The van der Waals surface area contributed by atoms with Crippen LogP contribution in [0.15, 0.2) is 29.2 Å². The Hall–Kier alpha value is -1.64. The van der Waals surface area contributed by atoms with Gasteiger partial charge in [0.2, 0.25) is 10.0 Å². The van der Waals surface area contributed by atoms with Gasteiger partial charge in [-0.3, -0.25) is 0 Å². The third-order valence-electron chi connectivity index (χ3n) is 2.74. The van der Waals surface area contributed by atoms with Crippen molar-refractivity contribution in [1.29, 1.82) is 0 Å². The smallest absolute Gasteiger partial charge is 0.404 e. The van der Waals surface area contributed by atoms with Gasteiger partial charge in [0.1, 0.15) is 6.61 Å². The third kappa shape index (κ3) is 4.80. The fourth-order valence-electron chi connectivity index (χ4n) is 1.53. The quantitative estimate of drug-likeness (QED) is 0.629. The minimum atomic E-state index is -3.63. The van der Waals surface area contributed by atoms with Crippen molar-refractivity contribution in [3.05, 3.63) is 29.8 Å². The number of primary amides is 1. The van der Waals surface area contributed by atoms with Crippen molar-refractivity contribution in [2.24, 2.45) is 5.73 Å². The normalized spacial score (nSPS) is 12.9. The van der Waals surface area contributed by atoms with Gasteiger partial charge in [-0.2, -0.15) is 0 Å². The van der Waals surface area contributed by atoms with E-state index < -0.39 is 16.1 Å². The van der Waals surface area contributed by atoms with E-state index in [1.807, 2.05) is 13.0 Å². The number of nitrogens with one attached hydrogen (secondary N) is 2. The number of nitrogens with two attached hydrogens (primary N) is 1. The monoisotopic (exact) mass is 301 g/mol. The molecule has 0 aliphatic carbocycles. The zero-order chi connectivity index (χ0) is 15.2. The largest absolute Gasteiger partial charge is 0.448 e. The van der Waals surface area contributed by atoms with Crippen LogP contribution in [0.2, 0.25) is 0 Å². The van der Waals surface area contributed by atoms with Crippen molar-refractivity contribution in [3.8, 4) is 0 Å². The lowest BCUT2D eigenvalue weighted by atomic mass is 10.1. The Morgan fingerprint density at radius 3 is 2.75 bits per heavy atom. The predicted octanol–water partition coefficient (Wildman–Crippen LogP) is 0.341. The summed E-state index contributed by atoms with van der Waals surface area (Å²) in [5, 5.41) is 3.04. The molecule has 0 spiro atoms. The molecule has 1 rings (SSSR count). The summed E-state index contributed by atoms with van der Waals surface area (Å²) in [7, 11) is -1.84. The van der Waals surface area contributed by atoms with Crippen LogP contribution in [0.1, 0.15) is 18.5 Å². The molecule has 7 nitrogen and oxygen atoms in total. The van der Waals surface area contributed by atoms with E-state index in [4.69, 9.17) is 5.73 Å². The van der Waals surface area contributed by atoms with Crippen LogP contribution in [0, 0.1) is 0 Å². The Bertz CT molecular complexity index is 560. The van der Waals surface area contributed by atoms with Crippen molar-refractivity contribution < 1.29 is 17.9 Å². The Kier molecular flexibility index (Phi) is 5.93. The molecular formula is C12H19N3O4S. The Balaban J connectivity index is 2.74. The number of ether oxygens (including phenoxy) is 1. The molecule has 8 heteroatoms. The molecular weight excluding hydrogens is 282 g/mol. The van der Waals surface area contributed by atoms with Crippen molar-refractivity contribution in [3.63, 3.8) is 0 Å². The number of sulfonamides is 1. The molecule has 1 atom stereocenters. The van der Waals surface area contributed by atoms with E-state index in [0.717, 1.165) is 5.56 Å². The molecule has 1 aromatic rings. The highest BCUT2D eigenvalue weighted by Gasteiger charge is 2.15. The number of hydrogen-bond acceptors (Lipinski definition) is 5. The molecule has 0 aliphatic heterocycles. The van der Waals surface area contributed by atoms with Gasteiger partial charge in [0.25, 0.3) is 0 Å². The first kappa shape index (κ1) is 16.4. The van der Waals surface area contributed by atoms with E-state index in [2.05, 4.69) is 14.8 Å². The van der Waals surface area contributed by atoms with E-state index in [9.17, 15) is 13.2 Å². The minimum Gasteiger partial charge on any atom is -0.448 e. The molecule has 1 unspecified atom stereocenters. The molecule has 4 N–H and O–H groups in total. The Labute approximate surface area is 118 Å². The third-order valence-corrected chi connectivity index (χ3v) is 4.20. The van der Waals surface area contributed by atoms with Gasteiger partial charge in [-0.25, -0.2) is 17.9 Å². The van der Waals surface area contributed by atoms with Crippen LogP contribution in [-0.2, 0) is 14.8 Å². The first-order valence-electron chi connectivity index (χ1n) is 6.06. The number of benzene rings is 1. The maximum absolute atomic E-state index is 12.0. The van der Waals surface area contributed by atoms with Crippen LogP contribution in [0.3, 0.4) is 0 Å². The lowest BCUT2D eigenvalue weighted by Gasteiger charge is -2.12. The van der Waals surface area contributed by atoms with Gasteiger partial charge >= 0.3 is 6.09 Å². The molecule has 0 bridgehead atoms. The van der Waals surface area contributed by atoms with E-state index in [0.29, 0.717) is 0 Å². The summed E-state index contributed by atoms with van der Waals surface area (Å²) in [5.74, 6) is 0. The van der Waals surface area contributed by atoms with Crippen LogP contribution in [0.25, 0.3) is 0 Å². The van der Waals surface area contributed by atoms with E-state index >= 15 is 0 Å². The van der Waals surface area contributed by atoms with Crippen LogP contribution in [-0.4, -0.2) is 34.7 Å². The number of hydrogen-bond donors (Lipinski definition) is 3. The first-order chi connectivity index (χ1) is 9.36. The van der Waals surface area contributed by atoms with Gasteiger partial charge in [0.15, 0.2) is 0 Å². The Morgan fingerprint density at radius 1 is 1.45 bits per heavy atom. The lowest BCUT2D eigenvalue weighted by Crippen LogP contribution is -2.29. The lowest BCUT2D eigenvalue weighted by molar-refractivity contribution is 0.159. The molecule has 0 aliphatic rings. The fourth-order valence-corrected chi connectivity index (χ4v) is 2.60. The summed E-state index contributed by atoms with van der Waals surface area (Å²) in [4.78, 5) is 10.5. The van der Waals surface area contributed by atoms with Crippen molar-refractivity contribution in [2.75, 3.05) is 20.2 Å². The van der Waals surface area contributed by atoms with E-state index in [-0.39, 0.29) is 24.1 Å². The molecule has 0 radical (unpaired) electrons. The van der Waals surface area contributed by atoms with Crippen molar-refractivity contribution in [2.45, 2.75) is 17.9 Å². The van der Waals surface area contributed by atoms with Crippen LogP contribution >= 0.6 is 0 Å². The summed E-state index contributed by atoms with van der Waals surface area (Å²) in [6, 6.07) is 6.67. The SMILES string of the molecule is CNC(C)c1cccc(S(=O)(=O)NCCOC(N)=O)c1. The maximum Gasteiger partial charge on any atom is 0.404 e. The topological polar surface area (TPSA) is 111 Å². The van der Waals surface area contributed by atoms with E-state index in [1.54, 1.807) is 19.2 Å². The molecule has 1 amide bonds. The Morgan fingerprint density at radius 2 is 2.15 bits per heavy atom. The molecule has 0 fully saturated rings. The van der Waals surface area contributed by atoms with Gasteiger partial charge in [-0.05, 0) is 31.7 Å². The number of carbonyl (C=O) groups excluding carboxylic acids is 1. The van der Waals surface area contributed by atoms with Gasteiger partial charge in [0, 0.05) is 12.6 Å². The van der Waals surface area contributed by atoms with Gasteiger partial charge in [-0.15, -0.1) is 0 Å². The second-order valence-corrected chi connectivity index (χ2v) is 5.92. The van der Waals surface area contributed by atoms with Gasteiger partial charge in [0.05, 0.1) is 4.90 Å². The first-order valence-corrected chi connectivity index (χ1v) is 7.54. The highest BCUT2D eigenvalue weighted by molar-refractivity contribution is 7.89. The number of carbonyl (C=O) groups is 1. The number of rotatable bonds is 7. The van der Waals surface area contributed by atoms with E-state index in [1.165, 1.54) is 6.07 Å². The van der Waals surface area contributed by atoms with Crippen LogP contribution < -0.4 is 15.8 Å². The van der Waals surface area contributed by atoms with Gasteiger partial charge in [-0.1, -0.05) is 12.1 Å². The zero-order valence-electron chi connectivity index (χ0n) is 11.4. The second-order valence-electron chi connectivity index (χ2n) is 4.15. The summed E-state index contributed by atoms with van der Waals surface area (Å²) in [6.07, 6.45) is -0.936. The fraction of sp³-hybridized carbons (Fsp3) is 0.417. The highest BCUT2D eigenvalue weighted by Crippen LogP contribution is 2.16. The summed E-state index contributed by atoms with van der Waals surface area (Å²) in [6.45, 7) is 1.79. The van der Waals surface area contributed by atoms with Gasteiger partial charge < -0.3 is 15.8 Å². The molecule has 20 heavy (non-hydrogen) atoms. The number of amides is 1. The summed E-state index contributed by atoms with van der Waals surface area (Å²) in [5.41, 5.74) is 5.64.